The van der Waals surface area contributed by atoms with Gasteiger partial charge in [-0.3, -0.25) is 13.9 Å². The number of sulfonamides is 1. The molecule has 0 saturated heterocycles. The number of nitrogens with zero attached hydrogens (tertiary/aromatic N) is 2. The number of nitrogens with one attached hydrogen (secondary N) is 1. The van der Waals surface area contributed by atoms with Gasteiger partial charge in [-0.2, -0.15) is 0 Å². The van der Waals surface area contributed by atoms with E-state index in [9.17, 15) is 18.0 Å². The van der Waals surface area contributed by atoms with Crippen LogP contribution in [0.4, 0.5) is 5.69 Å². The number of amides is 2. The quantitative estimate of drug-likeness (QED) is 0.305. The molecule has 0 aliphatic heterocycles. The van der Waals surface area contributed by atoms with E-state index in [-0.39, 0.29) is 24.8 Å². The molecule has 0 radical (unpaired) electrons. The van der Waals surface area contributed by atoms with Gasteiger partial charge in [0.15, 0.2) is 0 Å². The van der Waals surface area contributed by atoms with Gasteiger partial charge < -0.3 is 15.0 Å². The lowest BCUT2D eigenvalue weighted by molar-refractivity contribution is -0.140. The highest BCUT2D eigenvalue weighted by atomic mass is 32.2. The Morgan fingerprint density at radius 3 is 2.15 bits per heavy atom. The lowest BCUT2D eigenvalue weighted by atomic mass is 10.0. The lowest BCUT2D eigenvalue weighted by Crippen LogP contribution is -2.53. The third kappa shape index (κ3) is 9.35. The summed E-state index contributed by atoms with van der Waals surface area (Å²) in [6.45, 7) is 6.11. The highest BCUT2D eigenvalue weighted by Gasteiger charge is 2.33. The number of anilines is 1. The van der Waals surface area contributed by atoms with Crippen molar-refractivity contribution in [1.82, 2.24) is 10.2 Å². The summed E-state index contributed by atoms with van der Waals surface area (Å²) in [5.74, 6) is 0.0497. The number of rotatable bonds is 14. The Hall–Kier alpha value is -3.85. The summed E-state index contributed by atoms with van der Waals surface area (Å²) < 4.78 is 32.3. The molecule has 2 amide bonds. The van der Waals surface area contributed by atoms with Crippen molar-refractivity contribution < 1.29 is 22.7 Å². The van der Waals surface area contributed by atoms with Crippen LogP contribution in [0, 0.1) is 5.92 Å². The monoisotopic (exact) mass is 579 g/mol. The molecule has 3 rings (SSSR count). The van der Waals surface area contributed by atoms with Gasteiger partial charge in [0.05, 0.1) is 19.1 Å². The number of methoxy groups -OCH3 is 1. The summed E-state index contributed by atoms with van der Waals surface area (Å²) in [6, 6.07) is 23.0. The maximum Gasteiger partial charge on any atom is 0.244 e. The van der Waals surface area contributed by atoms with Gasteiger partial charge in [0.2, 0.25) is 21.8 Å². The predicted octanol–water partition coefficient (Wildman–Crippen LogP) is 4.44. The fraction of sp³-hybridized carbons (Fsp3) is 0.375. The predicted molar refractivity (Wildman–Crippen MR) is 163 cm³/mol. The van der Waals surface area contributed by atoms with Gasteiger partial charge in [0, 0.05) is 19.5 Å². The molecule has 0 bridgehead atoms. The van der Waals surface area contributed by atoms with Gasteiger partial charge in [-0.15, -0.1) is 0 Å². The van der Waals surface area contributed by atoms with Crippen molar-refractivity contribution in [1.29, 1.82) is 0 Å². The topological polar surface area (TPSA) is 96.0 Å². The minimum absolute atomic E-state index is 0.0923. The highest BCUT2D eigenvalue weighted by molar-refractivity contribution is 7.92. The summed E-state index contributed by atoms with van der Waals surface area (Å²) in [7, 11) is -2.25. The number of hydrogen-bond donors (Lipinski definition) is 1. The van der Waals surface area contributed by atoms with Crippen molar-refractivity contribution in [3.63, 3.8) is 0 Å². The minimum Gasteiger partial charge on any atom is -0.497 e. The molecular weight excluding hydrogens is 538 g/mol. The number of benzene rings is 3. The Morgan fingerprint density at radius 1 is 0.902 bits per heavy atom. The summed E-state index contributed by atoms with van der Waals surface area (Å²) in [5.41, 5.74) is 3.09. The van der Waals surface area contributed by atoms with Crippen LogP contribution in [0.1, 0.15) is 37.5 Å². The van der Waals surface area contributed by atoms with Crippen LogP contribution in [0.5, 0.6) is 5.75 Å². The lowest BCUT2D eigenvalue weighted by Gasteiger charge is -2.33. The van der Waals surface area contributed by atoms with E-state index in [4.69, 9.17) is 4.74 Å². The summed E-state index contributed by atoms with van der Waals surface area (Å²) in [6.07, 6.45) is 2.15. The Bertz CT molecular complexity index is 1390. The van der Waals surface area contributed by atoms with E-state index < -0.39 is 28.5 Å². The second kappa shape index (κ2) is 14.7. The van der Waals surface area contributed by atoms with Crippen LogP contribution in [0.25, 0.3) is 0 Å². The molecule has 0 aromatic heterocycles. The first-order valence-corrected chi connectivity index (χ1v) is 15.7. The van der Waals surface area contributed by atoms with Crippen LogP contribution in [0.2, 0.25) is 0 Å². The van der Waals surface area contributed by atoms with Crippen molar-refractivity contribution in [2.45, 2.75) is 46.2 Å². The average molecular weight is 580 g/mol. The zero-order valence-corrected chi connectivity index (χ0v) is 25.4. The van der Waals surface area contributed by atoms with E-state index in [1.165, 1.54) is 4.90 Å². The van der Waals surface area contributed by atoms with Crippen LogP contribution < -0.4 is 14.4 Å². The molecule has 9 heteroatoms. The zero-order valence-electron chi connectivity index (χ0n) is 24.5. The minimum atomic E-state index is -3.81. The van der Waals surface area contributed by atoms with E-state index >= 15 is 0 Å². The normalized spacial score (nSPS) is 12.0. The first-order chi connectivity index (χ1) is 19.5. The van der Waals surface area contributed by atoms with Crippen LogP contribution in [0.15, 0.2) is 78.9 Å². The van der Waals surface area contributed by atoms with Crippen LogP contribution in [-0.2, 0) is 39.0 Å². The summed E-state index contributed by atoms with van der Waals surface area (Å²) in [4.78, 5) is 29.3. The van der Waals surface area contributed by atoms with Crippen LogP contribution >= 0.6 is 0 Å². The van der Waals surface area contributed by atoms with E-state index in [0.29, 0.717) is 18.0 Å². The number of ether oxygens (including phenoxy) is 1. The fourth-order valence-corrected chi connectivity index (χ4v) is 5.31. The van der Waals surface area contributed by atoms with E-state index in [2.05, 4.69) is 5.32 Å². The van der Waals surface area contributed by atoms with E-state index in [1.54, 1.807) is 25.3 Å². The van der Waals surface area contributed by atoms with Gasteiger partial charge in [-0.25, -0.2) is 8.42 Å². The highest BCUT2D eigenvalue weighted by Crippen LogP contribution is 2.22. The molecule has 41 heavy (non-hydrogen) atoms. The molecule has 0 unspecified atom stereocenters. The Balaban J connectivity index is 2.05. The average Bonchev–Trinajstić information content (AvgIpc) is 2.96. The summed E-state index contributed by atoms with van der Waals surface area (Å²) >= 11 is 0. The second-order valence-electron chi connectivity index (χ2n) is 10.5. The smallest absolute Gasteiger partial charge is 0.244 e. The van der Waals surface area contributed by atoms with Crippen molar-refractivity contribution in [2.75, 3.05) is 30.8 Å². The first-order valence-electron chi connectivity index (χ1n) is 13.8. The molecule has 0 spiro atoms. The van der Waals surface area contributed by atoms with Gasteiger partial charge in [0.25, 0.3) is 0 Å². The van der Waals surface area contributed by atoms with Gasteiger partial charge in [-0.05, 0) is 53.3 Å². The number of hydrogen-bond acceptors (Lipinski definition) is 5. The zero-order chi connectivity index (χ0) is 30.0. The number of carbonyl (C=O) groups is 2. The molecule has 3 aromatic rings. The molecule has 0 fully saturated rings. The van der Waals surface area contributed by atoms with Crippen molar-refractivity contribution in [3.8, 4) is 5.75 Å². The molecule has 0 aliphatic carbocycles. The van der Waals surface area contributed by atoms with Crippen molar-refractivity contribution in [2.24, 2.45) is 5.92 Å². The van der Waals surface area contributed by atoms with E-state index in [0.717, 1.165) is 33.7 Å². The summed E-state index contributed by atoms with van der Waals surface area (Å²) in [5, 5.41) is 2.98. The Labute approximate surface area is 244 Å². The standard InChI is InChI=1S/C32H41N3O5S/c1-6-25-15-17-28(18-16-25)35(41(5,38)39)23-31(36)34(22-27-13-10-14-29(19-27)40-4)30(32(37)33-21-24(2)3)20-26-11-8-7-9-12-26/h7-19,24,30H,6,20-23H2,1-5H3,(H,33,37)/t30-/m1/s1. The fourth-order valence-electron chi connectivity index (χ4n) is 4.46. The molecule has 8 nitrogen and oxygen atoms in total. The Kier molecular flexibility index (Phi) is 11.3. The van der Waals surface area contributed by atoms with Crippen LogP contribution in [-0.4, -0.2) is 57.6 Å². The molecule has 3 aromatic carbocycles. The third-order valence-electron chi connectivity index (χ3n) is 6.75. The molecule has 0 saturated carbocycles. The SMILES string of the molecule is CCc1ccc(N(CC(=O)N(Cc2cccc(OC)c2)[C@H](Cc2ccccc2)C(=O)NCC(C)C)S(C)(=O)=O)cc1. The molecule has 1 N–H and O–H groups in total. The van der Waals surface area contributed by atoms with Crippen LogP contribution in [0.3, 0.4) is 0 Å². The number of carbonyl (C=O) groups excluding carboxylic acids is 2. The van der Waals surface area contributed by atoms with E-state index in [1.807, 2.05) is 81.4 Å². The second-order valence-corrected chi connectivity index (χ2v) is 12.4. The Morgan fingerprint density at radius 2 is 1.56 bits per heavy atom. The molecule has 0 heterocycles. The van der Waals surface area contributed by atoms with Gasteiger partial charge in [-0.1, -0.05) is 75.4 Å². The number of aryl methyl sites for hydroxylation is 1. The largest absolute Gasteiger partial charge is 0.497 e. The molecular formula is C32H41N3O5S. The van der Waals surface area contributed by atoms with Crippen molar-refractivity contribution >= 4 is 27.5 Å². The molecule has 0 aliphatic rings. The maximum absolute atomic E-state index is 14.1. The molecule has 220 valence electrons. The van der Waals surface area contributed by atoms with Crippen molar-refractivity contribution in [3.05, 3.63) is 95.6 Å². The van der Waals surface area contributed by atoms with Gasteiger partial charge in [0.1, 0.15) is 18.3 Å². The molecule has 1 atom stereocenters. The maximum atomic E-state index is 14.1. The first kappa shape index (κ1) is 31.7. The third-order valence-corrected chi connectivity index (χ3v) is 7.90. The van der Waals surface area contributed by atoms with Gasteiger partial charge >= 0.3 is 0 Å².